The van der Waals surface area contributed by atoms with Gasteiger partial charge in [-0.15, -0.1) is 0 Å². The largest absolute Gasteiger partial charge is 0.411 e. The van der Waals surface area contributed by atoms with Crippen molar-refractivity contribution in [2.45, 2.75) is 6.92 Å². The molecule has 0 saturated carbocycles. The molecule has 4 aliphatic heterocycles. The summed E-state index contributed by atoms with van der Waals surface area (Å²) in [6.45, 7) is 8.27. The maximum atomic E-state index is 9.03. The molecule has 4 nitrogen and oxygen atoms in total. The zero-order valence-electron chi connectivity index (χ0n) is 8.01. The molecule has 0 radical (unpaired) electrons. The van der Waals surface area contributed by atoms with Crippen LogP contribution in [0.4, 0.5) is 0 Å². The van der Waals surface area contributed by atoms with Crippen molar-refractivity contribution < 1.29 is 15.0 Å². The maximum absolute atomic E-state index is 9.03. The molecule has 4 heterocycles. The predicted molar refractivity (Wildman–Crippen MR) is 47.1 cm³/mol. The smallest absolute Gasteiger partial charge is 0.204 e. The zero-order valence-corrected chi connectivity index (χ0v) is 8.01. The monoisotopic (exact) mass is 183 g/mol. The third-order valence-electron chi connectivity index (χ3n) is 3.96. The third-order valence-corrected chi connectivity index (χ3v) is 3.96. The Morgan fingerprint density at radius 3 is 2.46 bits per heavy atom. The van der Waals surface area contributed by atoms with Crippen LogP contribution in [0, 0.1) is 11.3 Å². The number of nitrogens with one attached hydrogen (secondary N) is 2. The molecule has 0 amide bonds. The summed E-state index contributed by atoms with van der Waals surface area (Å²) >= 11 is 0. The van der Waals surface area contributed by atoms with Gasteiger partial charge in [-0.1, -0.05) is 5.16 Å². The quantitative estimate of drug-likeness (QED) is 0.276. The van der Waals surface area contributed by atoms with Gasteiger partial charge in [-0.2, -0.15) is 0 Å². The minimum absolute atomic E-state index is 0.193. The van der Waals surface area contributed by atoms with Crippen LogP contribution in [0.15, 0.2) is 5.16 Å². The molecule has 4 fully saturated rings. The molecule has 13 heavy (non-hydrogen) atoms. The van der Waals surface area contributed by atoms with Gasteiger partial charge in [-0.25, -0.2) is 0 Å². The number of rotatable bonds is 0. The van der Waals surface area contributed by atoms with Crippen molar-refractivity contribution in [3.8, 4) is 0 Å². The van der Waals surface area contributed by atoms with E-state index < -0.39 is 0 Å². The normalized spacial score (nSPS) is 56.1. The molecule has 3 N–H and O–H groups in total. The highest BCUT2D eigenvalue weighted by Gasteiger charge is 2.57. The van der Waals surface area contributed by atoms with E-state index in [9.17, 15) is 0 Å². The number of hydrogen-bond donors (Lipinski definition) is 3. The van der Waals surface area contributed by atoms with Crippen LogP contribution < -0.4 is 9.80 Å². The summed E-state index contributed by atoms with van der Waals surface area (Å²) in [5, 5.41) is 12.6. The van der Waals surface area contributed by atoms with Crippen molar-refractivity contribution in [1.29, 1.82) is 0 Å². The van der Waals surface area contributed by atoms with Gasteiger partial charge in [0.15, 0.2) is 0 Å². The highest BCUT2D eigenvalue weighted by Crippen LogP contribution is 2.26. The topological polar surface area (TPSA) is 41.5 Å². The molecule has 4 heteroatoms. The Labute approximate surface area is 77.8 Å². The standard InChI is InChI=1S/C9H15N3O/c1-9-4-11-2-7(8(9)10-13)3-12(5-9)6-11/h7,13H,2-6H2,1H3/p+2/b10-8-. The molecule has 4 saturated heterocycles. The lowest BCUT2D eigenvalue weighted by Crippen LogP contribution is -3.40. The number of nitrogens with zero attached hydrogens (tertiary/aromatic N) is 1. The van der Waals surface area contributed by atoms with Gasteiger partial charge >= 0.3 is 0 Å². The maximum Gasteiger partial charge on any atom is 0.204 e. The Balaban J connectivity index is 2.03. The summed E-state index contributed by atoms with van der Waals surface area (Å²) in [5.41, 5.74) is 1.28. The summed E-state index contributed by atoms with van der Waals surface area (Å²) in [6, 6.07) is 0. The first kappa shape index (κ1) is 7.76. The van der Waals surface area contributed by atoms with Crippen LogP contribution in [0.5, 0.6) is 0 Å². The second-order valence-electron chi connectivity index (χ2n) is 5.18. The van der Waals surface area contributed by atoms with Crippen LogP contribution in [0.2, 0.25) is 0 Å². The zero-order chi connectivity index (χ0) is 9.05. The van der Waals surface area contributed by atoms with Crippen LogP contribution >= 0.6 is 0 Å². The van der Waals surface area contributed by atoms with Gasteiger partial charge < -0.3 is 5.21 Å². The third kappa shape index (κ3) is 0.901. The Morgan fingerprint density at radius 1 is 1.38 bits per heavy atom. The van der Waals surface area contributed by atoms with Gasteiger partial charge in [-0.05, 0) is 6.92 Å². The summed E-state index contributed by atoms with van der Waals surface area (Å²) in [7, 11) is 0. The molecule has 0 aromatic rings. The van der Waals surface area contributed by atoms with E-state index >= 15 is 0 Å². The molecule has 2 unspecified atom stereocenters. The first-order valence-corrected chi connectivity index (χ1v) is 5.11. The van der Waals surface area contributed by atoms with Gasteiger partial charge in [0.25, 0.3) is 0 Å². The average Bonchev–Trinajstić information content (AvgIpc) is 2.00. The highest BCUT2D eigenvalue weighted by molar-refractivity contribution is 5.93. The van der Waals surface area contributed by atoms with Crippen LogP contribution in [0.1, 0.15) is 6.92 Å². The van der Waals surface area contributed by atoms with Crippen LogP contribution in [-0.4, -0.2) is 43.8 Å². The van der Waals surface area contributed by atoms with Crippen LogP contribution in [-0.2, 0) is 0 Å². The lowest BCUT2D eigenvalue weighted by Gasteiger charge is -2.52. The van der Waals surface area contributed by atoms with E-state index in [0.717, 1.165) is 5.71 Å². The van der Waals surface area contributed by atoms with Crippen LogP contribution in [0.25, 0.3) is 0 Å². The first-order valence-electron chi connectivity index (χ1n) is 5.11. The second kappa shape index (κ2) is 2.25. The van der Waals surface area contributed by atoms with Gasteiger partial charge in [0.05, 0.1) is 31.9 Å². The lowest BCUT2D eigenvalue weighted by molar-refractivity contribution is -1.13. The van der Waals surface area contributed by atoms with E-state index in [1.54, 1.807) is 9.80 Å². The molecule has 0 aromatic carbocycles. The summed E-state index contributed by atoms with van der Waals surface area (Å²) < 4.78 is 0. The van der Waals surface area contributed by atoms with Gasteiger partial charge in [-0.3, -0.25) is 9.80 Å². The molecule has 0 aliphatic carbocycles. The van der Waals surface area contributed by atoms with Crippen molar-refractivity contribution in [3.63, 3.8) is 0 Å². The molecular weight excluding hydrogens is 166 g/mol. The van der Waals surface area contributed by atoms with Crippen molar-refractivity contribution >= 4 is 5.71 Å². The van der Waals surface area contributed by atoms with E-state index in [0.29, 0.717) is 5.92 Å². The first-order chi connectivity index (χ1) is 6.21. The second-order valence-corrected chi connectivity index (χ2v) is 5.18. The molecule has 4 rings (SSSR count). The number of hydrogen-bond acceptors (Lipinski definition) is 2. The molecule has 4 aliphatic rings. The van der Waals surface area contributed by atoms with Crippen molar-refractivity contribution in [1.82, 2.24) is 0 Å². The van der Waals surface area contributed by atoms with Gasteiger partial charge in [0.2, 0.25) is 6.67 Å². The lowest BCUT2D eigenvalue weighted by atomic mass is 9.70. The van der Waals surface area contributed by atoms with E-state index in [2.05, 4.69) is 12.1 Å². The molecule has 0 spiro atoms. The van der Waals surface area contributed by atoms with E-state index in [4.69, 9.17) is 5.21 Å². The highest BCUT2D eigenvalue weighted by atomic mass is 16.4. The van der Waals surface area contributed by atoms with E-state index in [1.165, 1.54) is 32.8 Å². The average molecular weight is 183 g/mol. The summed E-state index contributed by atoms with van der Waals surface area (Å²) in [4.78, 5) is 3.40. The fourth-order valence-electron chi connectivity index (χ4n) is 3.77. The minimum Gasteiger partial charge on any atom is -0.411 e. The van der Waals surface area contributed by atoms with E-state index in [-0.39, 0.29) is 5.41 Å². The minimum atomic E-state index is 0.193. The Hall–Kier alpha value is -0.610. The fourth-order valence-corrected chi connectivity index (χ4v) is 3.77. The molecule has 0 aromatic heterocycles. The van der Waals surface area contributed by atoms with Crippen LogP contribution in [0.3, 0.4) is 0 Å². The molecule has 4 bridgehead atoms. The molecule has 72 valence electrons. The number of oxime groups is 1. The number of quaternary nitrogens is 2. The fraction of sp³-hybridized carbons (Fsp3) is 0.889. The van der Waals surface area contributed by atoms with Gasteiger partial charge in [0, 0.05) is 0 Å². The molecular formula is C9H17N3O+2. The number of piperidine rings is 2. The summed E-state index contributed by atoms with van der Waals surface area (Å²) in [5.74, 6) is 0.552. The Kier molecular flexibility index (Phi) is 1.34. The Morgan fingerprint density at radius 2 is 2.00 bits per heavy atom. The van der Waals surface area contributed by atoms with Crippen molar-refractivity contribution in [3.05, 3.63) is 0 Å². The van der Waals surface area contributed by atoms with Crippen molar-refractivity contribution in [2.24, 2.45) is 16.5 Å². The van der Waals surface area contributed by atoms with Crippen molar-refractivity contribution in [2.75, 3.05) is 32.8 Å². The van der Waals surface area contributed by atoms with E-state index in [1.807, 2.05) is 0 Å². The SMILES string of the molecule is CC12C[NH+]3CC(C[NH+](C3)C1)/C2=N/O. The van der Waals surface area contributed by atoms with Gasteiger partial charge in [0.1, 0.15) is 11.3 Å². The molecule has 2 atom stereocenters. The predicted octanol–water partition coefficient (Wildman–Crippen LogP) is -2.79. The Bertz CT molecular complexity index is 262. The summed E-state index contributed by atoms with van der Waals surface area (Å²) in [6.07, 6.45) is 0.